The molecule has 2 nitrogen and oxygen atoms in total. The van der Waals surface area contributed by atoms with E-state index in [0.29, 0.717) is 11.3 Å². The predicted octanol–water partition coefficient (Wildman–Crippen LogP) is 3.30. The van der Waals surface area contributed by atoms with Crippen molar-refractivity contribution in [3.05, 3.63) is 29.6 Å². The molecule has 1 N–H and O–H groups in total. The maximum absolute atomic E-state index is 13.1. The average Bonchev–Trinajstić information content (AvgIpc) is 2.21. The molecule has 0 aliphatic heterocycles. The Hall–Kier alpha value is -1.56. The number of anilines is 1. The first kappa shape index (κ1) is 10.9. The van der Waals surface area contributed by atoms with Crippen molar-refractivity contribution in [2.75, 3.05) is 11.9 Å². The van der Waals surface area contributed by atoms with Crippen LogP contribution in [0.15, 0.2) is 18.2 Å². The number of hydrogen-bond donors (Lipinski definition) is 1. The minimum atomic E-state index is -0.356. The van der Waals surface area contributed by atoms with Crippen LogP contribution < -0.4 is 5.32 Å². The second-order valence-corrected chi connectivity index (χ2v) is 4.35. The summed E-state index contributed by atoms with van der Waals surface area (Å²) in [6, 6.07) is 6.31. The number of nitrogens with zero attached hydrogens (tertiary/aromatic N) is 1. The van der Waals surface area contributed by atoms with Crippen LogP contribution in [0.3, 0.4) is 0 Å². The first-order valence-electron chi connectivity index (χ1n) is 5.72. The van der Waals surface area contributed by atoms with Crippen LogP contribution in [0.4, 0.5) is 10.1 Å². The van der Waals surface area contributed by atoms with Gasteiger partial charge >= 0.3 is 0 Å². The van der Waals surface area contributed by atoms with Crippen LogP contribution in [0.5, 0.6) is 0 Å². The topological polar surface area (TPSA) is 35.8 Å². The van der Waals surface area contributed by atoms with Gasteiger partial charge in [-0.15, -0.1) is 0 Å². The second kappa shape index (κ2) is 4.98. The number of rotatable bonds is 4. The standard InChI is InChI=1S/C13H15FN2/c14-12-6-11(9-15)7-13(8-12)16-5-4-10-2-1-3-10/h6-8,10,16H,1-5H2. The monoisotopic (exact) mass is 218 g/mol. The third kappa shape index (κ3) is 2.73. The van der Waals surface area contributed by atoms with Crippen LogP contribution in [0, 0.1) is 23.1 Å². The molecule has 1 aliphatic carbocycles. The molecule has 0 unspecified atom stereocenters. The van der Waals surface area contributed by atoms with Gasteiger partial charge in [0.15, 0.2) is 0 Å². The van der Waals surface area contributed by atoms with Crippen molar-refractivity contribution in [3.8, 4) is 6.07 Å². The zero-order valence-corrected chi connectivity index (χ0v) is 9.17. The molecule has 0 amide bonds. The first-order chi connectivity index (χ1) is 7.78. The van der Waals surface area contributed by atoms with Gasteiger partial charge in [-0.2, -0.15) is 5.26 Å². The number of nitrogens with one attached hydrogen (secondary N) is 1. The number of benzene rings is 1. The summed E-state index contributed by atoms with van der Waals surface area (Å²) in [5.41, 5.74) is 1.07. The average molecular weight is 218 g/mol. The Balaban J connectivity index is 1.88. The smallest absolute Gasteiger partial charge is 0.126 e. The van der Waals surface area contributed by atoms with Gasteiger partial charge in [-0.1, -0.05) is 19.3 Å². The van der Waals surface area contributed by atoms with E-state index in [0.717, 1.165) is 18.9 Å². The minimum absolute atomic E-state index is 0.356. The molecule has 0 spiro atoms. The highest BCUT2D eigenvalue weighted by atomic mass is 19.1. The Morgan fingerprint density at radius 3 is 2.81 bits per heavy atom. The summed E-state index contributed by atoms with van der Waals surface area (Å²) in [5.74, 6) is 0.488. The maximum atomic E-state index is 13.1. The molecule has 0 saturated heterocycles. The third-order valence-corrected chi connectivity index (χ3v) is 3.13. The fraction of sp³-hybridized carbons (Fsp3) is 0.462. The zero-order chi connectivity index (χ0) is 11.4. The van der Waals surface area contributed by atoms with Gasteiger partial charge in [0, 0.05) is 12.2 Å². The molecule has 0 aromatic heterocycles. The zero-order valence-electron chi connectivity index (χ0n) is 9.17. The molecule has 2 rings (SSSR count). The van der Waals surface area contributed by atoms with Crippen LogP contribution in [-0.2, 0) is 0 Å². The lowest BCUT2D eigenvalue weighted by Gasteiger charge is -2.25. The Morgan fingerprint density at radius 2 is 2.19 bits per heavy atom. The van der Waals surface area contributed by atoms with Gasteiger partial charge in [0.1, 0.15) is 5.82 Å². The Bertz CT molecular complexity index is 405. The molecular weight excluding hydrogens is 203 g/mol. The van der Waals surface area contributed by atoms with Crippen LogP contribution >= 0.6 is 0 Å². The van der Waals surface area contributed by atoms with Gasteiger partial charge < -0.3 is 5.32 Å². The SMILES string of the molecule is N#Cc1cc(F)cc(NCCC2CCC2)c1. The molecule has 3 heteroatoms. The summed E-state index contributed by atoms with van der Waals surface area (Å²) in [4.78, 5) is 0. The van der Waals surface area contributed by atoms with E-state index in [-0.39, 0.29) is 5.82 Å². The van der Waals surface area contributed by atoms with Crippen molar-refractivity contribution < 1.29 is 4.39 Å². The molecule has 0 bridgehead atoms. The lowest BCUT2D eigenvalue weighted by Crippen LogP contribution is -2.15. The van der Waals surface area contributed by atoms with Crippen molar-refractivity contribution in [2.45, 2.75) is 25.7 Å². The normalized spacial score (nSPS) is 15.2. The molecular formula is C13H15FN2. The summed E-state index contributed by atoms with van der Waals surface area (Å²) in [6.45, 7) is 0.860. The molecule has 1 aromatic carbocycles. The highest BCUT2D eigenvalue weighted by Gasteiger charge is 2.16. The summed E-state index contributed by atoms with van der Waals surface area (Å²) < 4.78 is 13.1. The van der Waals surface area contributed by atoms with E-state index in [2.05, 4.69) is 5.32 Å². The fourth-order valence-corrected chi connectivity index (χ4v) is 1.96. The van der Waals surface area contributed by atoms with Crippen LogP contribution in [0.25, 0.3) is 0 Å². The van der Waals surface area contributed by atoms with E-state index >= 15 is 0 Å². The number of halogens is 1. The summed E-state index contributed by atoms with van der Waals surface area (Å²) >= 11 is 0. The molecule has 1 aliphatic rings. The van der Waals surface area contributed by atoms with Crippen molar-refractivity contribution >= 4 is 5.69 Å². The Kier molecular flexibility index (Phi) is 3.40. The van der Waals surface area contributed by atoms with E-state index in [4.69, 9.17) is 5.26 Å². The first-order valence-corrected chi connectivity index (χ1v) is 5.72. The van der Waals surface area contributed by atoms with E-state index in [1.54, 1.807) is 6.07 Å². The van der Waals surface area contributed by atoms with Gasteiger partial charge in [-0.05, 0) is 30.5 Å². The maximum Gasteiger partial charge on any atom is 0.126 e. The van der Waals surface area contributed by atoms with Gasteiger partial charge in [-0.3, -0.25) is 0 Å². The van der Waals surface area contributed by atoms with Crippen molar-refractivity contribution in [1.29, 1.82) is 5.26 Å². The largest absolute Gasteiger partial charge is 0.385 e. The number of hydrogen-bond acceptors (Lipinski definition) is 2. The number of nitriles is 1. The van der Waals surface area contributed by atoms with E-state index in [9.17, 15) is 4.39 Å². The molecule has 1 fully saturated rings. The highest BCUT2D eigenvalue weighted by molar-refractivity contribution is 5.49. The third-order valence-electron chi connectivity index (χ3n) is 3.13. The van der Waals surface area contributed by atoms with Gasteiger partial charge in [0.2, 0.25) is 0 Å². The predicted molar refractivity (Wildman–Crippen MR) is 61.6 cm³/mol. The fourth-order valence-electron chi connectivity index (χ4n) is 1.96. The molecule has 1 saturated carbocycles. The van der Waals surface area contributed by atoms with Crippen LogP contribution in [0.2, 0.25) is 0 Å². The van der Waals surface area contributed by atoms with Crippen molar-refractivity contribution in [3.63, 3.8) is 0 Å². The molecule has 0 heterocycles. The lowest BCUT2D eigenvalue weighted by molar-refractivity contribution is 0.303. The lowest BCUT2D eigenvalue weighted by atomic mass is 9.83. The van der Waals surface area contributed by atoms with Gasteiger partial charge in [-0.25, -0.2) is 4.39 Å². The van der Waals surface area contributed by atoms with Crippen molar-refractivity contribution in [1.82, 2.24) is 0 Å². The summed E-state index contributed by atoms with van der Waals surface area (Å²) in [5, 5.41) is 11.9. The molecule has 84 valence electrons. The van der Waals surface area contributed by atoms with E-state index < -0.39 is 0 Å². The van der Waals surface area contributed by atoms with E-state index in [1.807, 2.05) is 6.07 Å². The van der Waals surface area contributed by atoms with Crippen molar-refractivity contribution in [2.24, 2.45) is 5.92 Å². The van der Waals surface area contributed by atoms with Gasteiger partial charge in [0.25, 0.3) is 0 Å². The van der Waals surface area contributed by atoms with Gasteiger partial charge in [0.05, 0.1) is 11.6 Å². The Morgan fingerprint density at radius 1 is 1.38 bits per heavy atom. The molecule has 0 atom stereocenters. The highest BCUT2D eigenvalue weighted by Crippen LogP contribution is 2.29. The molecule has 16 heavy (non-hydrogen) atoms. The molecule has 1 aromatic rings. The molecule has 0 radical (unpaired) electrons. The second-order valence-electron chi connectivity index (χ2n) is 4.35. The van der Waals surface area contributed by atoms with Crippen LogP contribution in [-0.4, -0.2) is 6.54 Å². The summed E-state index contributed by atoms with van der Waals surface area (Å²) in [7, 11) is 0. The minimum Gasteiger partial charge on any atom is -0.385 e. The summed E-state index contributed by atoms with van der Waals surface area (Å²) in [6.07, 6.45) is 5.14. The van der Waals surface area contributed by atoms with Crippen LogP contribution in [0.1, 0.15) is 31.2 Å². The Labute approximate surface area is 95.1 Å². The quantitative estimate of drug-likeness (QED) is 0.841. The van der Waals surface area contributed by atoms with E-state index in [1.165, 1.54) is 31.4 Å².